The van der Waals surface area contributed by atoms with Crippen molar-refractivity contribution >= 4 is 5.97 Å². The summed E-state index contributed by atoms with van der Waals surface area (Å²) in [6.45, 7) is -0.622. The molecule has 3 rings (SSSR count). The van der Waals surface area contributed by atoms with Crippen molar-refractivity contribution in [3.8, 4) is 16.9 Å². The molecule has 0 aliphatic carbocycles. The van der Waals surface area contributed by atoms with Crippen molar-refractivity contribution in [3.05, 3.63) is 53.8 Å². The second-order valence-electron chi connectivity index (χ2n) is 6.53. The second kappa shape index (κ2) is 8.85. The molecule has 0 aromatic heterocycles. The summed E-state index contributed by atoms with van der Waals surface area (Å²) in [5.74, 6) is -1.56. The Bertz CT molecular complexity index is 871. The van der Waals surface area contributed by atoms with Crippen molar-refractivity contribution in [2.75, 3.05) is 13.7 Å². The van der Waals surface area contributed by atoms with Gasteiger partial charge in [0.25, 0.3) is 0 Å². The van der Waals surface area contributed by atoms with Gasteiger partial charge in [0.2, 0.25) is 6.29 Å². The van der Waals surface area contributed by atoms with E-state index < -0.39 is 49.1 Å². The van der Waals surface area contributed by atoms with E-state index in [1.54, 1.807) is 30.3 Å². The average molecular weight is 408 g/mol. The molecule has 1 heterocycles. The van der Waals surface area contributed by atoms with Crippen LogP contribution < -0.4 is 4.74 Å². The van der Waals surface area contributed by atoms with Gasteiger partial charge in [0, 0.05) is 0 Å². The fourth-order valence-corrected chi connectivity index (χ4v) is 3.01. The van der Waals surface area contributed by atoms with Crippen LogP contribution in [0.15, 0.2) is 42.5 Å². The number of aliphatic hydroxyl groups excluding tert-OH is 4. The molecule has 1 saturated heterocycles. The number of hydrogen-bond donors (Lipinski definition) is 4. The first-order valence-corrected chi connectivity index (χ1v) is 8.81. The minimum absolute atomic E-state index is 0.262. The van der Waals surface area contributed by atoms with Crippen LogP contribution in [0.4, 0.5) is 4.39 Å². The van der Waals surface area contributed by atoms with Crippen molar-refractivity contribution < 1.29 is 43.8 Å². The Balaban J connectivity index is 1.81. The first-order chi connectivity index (χ1) is 13.8. The first-order valence-electron chi connectivity index (χ1n) is 8.81. The molecular formula is C20H21FO8. The Morgan fingerprint density at radius 1 is 1.07 bits per heavy atom. The van der Waals surface area contributed by atoms with Gasteiger partial charge in [-0.1, -0.05) is 18.2 Å². The van der Waals surface area contributed by atoms with Crippen LogP contribution in [0.5, 0.6) is 5.75 Å². The normalized spacial score (nSPS) is 26.8. The lowest BCUT2D eigenvalue weighted by atomic mass is 9.99. The number of carbonyl (C=O) groups excluding carboxylic acids is 1. The SMILES string of the molecule is COC(=O)c1cccc(-c2ccc(O[C@H]3O[C@H](CO)[C@@H](O)[C@H](O)[C@@H]3O)c(F)c2)c1. The van der Waals surface area contributed by atoms with E-state index in [1.807, 2.05) is 0 Å². The van der Waals surface area contributed by atoms with Crippen molar-refractivity contribution in [3.63, 3.8) is 0 Å². The Kier molecular flexibility index (Phi) is 6.46. The lowest BCUT2D eigenvalue weighted by Crippen LogP contribution is -2.60. The number of halogens is 1. The van der Waals surface area contributed by atoms with Gasteiger partial charge >= 0.3 is 5.97 Å². The molecule has 2 aromatic rings. The van der Waals surface area contributed by atoms with Gasteiger partial charge < -0.3 is 34.6 Å². The summed E-state index contributed by atoms with van der Waals surface area (Å²) in [6.07, 6.45) is -7.47. The standard InChI is InChI=1S/C20H21FO8/c1-27-19(26)12-4-2-3-10(7-12)11-5-6-14(13(21)8-11)28-20-18(25)17(24)16(23)15(9-22)29-20/h2-8,15-18,20,22-25H,9H2,1H3/t15-,16-,17+,18+,20+/m1/s1. The highest BCUT2D eigenvalue weighted by Gasteiger charge is 2.44. The number of methoxy groups -OCH3 is 1. The fraction of sp³-hybridized carbons (Fsp3) is 0.350. The minimum atomic E-state index is -1.65. The zero-order valence-electron chi connectivity index (χ0n) is 15.4. The van der Waals surface area contributed by atoms with Gasteiger partial charge in [-0.15, -0.1) is 0 Å². The molecule has 1 fully saturated rings. The van der Waals surface area contributed by atoms with Crippen LogP contribution in [0.25, 0.3) is 11.1 Å². The predicted octanol–water partition coefficient (Wildman–Crippen LogP) is 0.458. The third kappa shape index (κ3) is 4.39. The summed E-state index contributed by atoms with van der Waals surface area (Å²) in [4.78, 5) is 11.7. The molecule has 0 saturated carbocycles. The number of esters is 1. The largest absolute Gasteiger partial charge is 0.465 e. The number of ether oxygens (including phenoxy) is 3. The monoisotopic (exact) mass is 408 g/mol. The van der Waals surface area contributed by atoms with E-state index in [0.29, 0.717) is 16.7 Å². The van der Waals surface area contributed by atoms with Gasteiger partial charge in [0.15, 0.2) is 11.6 Å². The Morgan fingerprint density at radius 3 is 2.45 bits per heavy atom. The highest BCUT2D eigenvalue weighted by atomic mass is 19.1. The van der Waals surface area contributed by atoms with Gasteiger partial charge in [0.1, 0.15) is 24.4 Å². The third-order valence-corrected chi connectivity index (χ3v) is 4.64. The Hall–Kier alpha value is -2.56. The number of rotatable bonds is 5. The van der Waals surface area contributed by atoms with Crippen LogP contribution >= 0.6 is 0 Å². The van der Waals surface area contributed by atoms with Crippen LogP contribution in [0.2, 0.25) is 0 Å². The molecule has 8 nitrogen and oxygen atoms in total. The first kappa shape index (κ1) is 21.2. The van der Waals surface area contributed by atoms with Gasteiger partial charge in [-0.2, -0.15) is 0 Å². The van der Waals surface area contributed by atoms with Crippen LogP contribution in [-0.4, -0.2) is 70.8 Å². The third-order valence-electron chi connectivity index (χ3n) is 4.64. The van der Waals surface area contributed by atoms with Crippen LogP contribution in [0, 0.1) is 5.82 Å². The van der Waals surface area contributed by atoms with Crippen molar-refractivity contribution in [1.82, 2.24) is 0 Å². The summed E-state index contributed by atoms with van der Waals surface area (Å²) in [6, 6.07) is 10.5. The molecule has 0 amide bonds. The van der Waals surface area contributed by atoms with Crippen LogP contribution in [0.1, 0.15) is 10.4 Å². The number of carbonyl (C=O) groups is 1. The molecular weight excluding hydrogens is 387 g/mol. The van der Waals surface area contributed by atoms with Gasteiger partial charge in [-0.25, -0.2) is 9.18 Å². The summed E-state index contributed by atoms with van der Waals surface area (Å²) in [5.41, 5.74) is 1.35. The quantitative estimate of drug-likeness (QED) is 0.526. The van der Waals surface area contributed by atoms with Crippen molar-refractivity contribution in [1.29, 1.82) is 0 Å². The summed E-state index contributed by atoms with van der Waals surface area (Å²) in [5, 5.41) is 38.8. The number of aliphatic hydroxyl groups is 4. The molecule has 0 bridgehead atoms. The summed E-state index contributed by atoms with van der Waals surface area (Å²) >= 11 is 0. The highest BCUT2D eigenvalue weighted by Crippen LogP contribution is 2.29. The van der Waals surface area contributed by atoms with E-state index >= 15 is 0 Å². The smallest absolute Gasteiger partial charge is 0.337 e. The highest BCUT2D eigenvalue weighted by molar-refractivity contribution is 5.91. The summed E-state index contributed by atoms with van der Waals surface area (Å²) < 4.78 is 29.8. The van der Waals surface area contributed by atoms with Crippen LogP contribution in [-0.2, 0) is 9.47 Å². The van der Waals surface area contributed by atoms with E-state index in [1.165, 1.54) is 19.2 Å². The van der Waals surface area contributed by atoms with E-state index in [9.17, 15) is 29.6 Å². The number of hydrogen-bond acceptors (Lipinski definition) is 8. The van der Waals surface area contributed by atoms with E-state index in [-0.39, 0.29) is 5.75 Å². The Morgan fingerprint density at radius 2 is 1.79 bits per heavy atom. The molecule has 2 aromatic carbocycles. The molecule has 1 aliphatic rings. The molecule has 29 heavy (non-hydrogen) atoms. The Labute approximate surface area is 165 Å². The predicted molar refractivity (Wildman–Crippen MR) is 97.6 cm³/mol. The van der Waals surface area contributed by atoms with Crippen LogP contribution in [0.3, 0.4) is 0 Å². The summed E-state index contributed by atoms with van der Waals surface area (Å²) in [7, 11) is 1.26. The lowest BCUT2D eigenvalue weighted by molar-refractivity contribution is -0.277. The maximum Gasteiger partial charge on any atom is 0.337 e. The molecule has 9 heteroatoms. The molecule has 4 N–H and O–H groups in total. The van der Waals surface area contributed by atoms with E-state index in [0.717, 1.165) is 0 Å². The molecule has 5 atom stereocenters. The fourth-order valence-electron chi connectivity index (χ4n) is 3.01. The number of benzene rings is 2. The van der Waals surface area contributed by atoms with Gasteiger partial charge in [0.05, 0.1) is 19.3 Å². The molecule has 0 spiro atoms. The molecule has 0 radical (unpaired) electrons. The van der Waals surface area contributed by atoms with Crippen molar-refractivity contribution in [2.24, 2.45) is 0 Å². The maximum atomic E-state index is 14.6. The van der Waals surface area contributed by atoms with E-state index in [4.69, 9.17) is 9.47 Å². The van der Waals surface area contributed by atoms with E-state index in [2.05, 4.69) is 4.74 Å². The minimum Gasteiger partial charge on any atom is -0.465 e. The lowest BCUT2D eigenvalue weighted by Gasteiger charge is -2.39. The van der Waals surface area contributed by atoms with Gasteiger partial charge in [-0.05, 0) is 35.4 Å². The molecule has 0 unspecified atom stereocenters. The van der Waals surface area contributed by atoms with Gasteiger partial charge in [-0.3, -0.25) is 0 Å². The maximum absolute atomic E-state index is 14.6. The molecule has 156 valence electrons. The second-order valence-corrected chi connectivity index (χ2v) is 6.53. The average Bonchev–Trinajstić information content (AvgIpc) is 2.74. The topological polar surface area (TPSA) is 126 Å². The zero-order valence-corrected chi connectivity index (χ0v) is 15.4. The molecule has 1 aliphatic heterocycles. The zero-order chi connectivity index (χ0) is 21.1. The van der Waals surface area contributed by atoms with Crippen molar-refractivity contribution in [2.45, 2.75) is 30.7 Å².